The molecular weight excluding hydrogens is 257 g/mol. The number of nitrogens with two attached hydrogens (primary N) is 1. The molecule has 3 aromatic rings. The van der Waals surface area contributed by atoms with Gasteiger partial charge in [-0.1, -0.05) is 0 Å². The summed E-state index contributed by atoms with van der Waals surface area (Å²) >= 11 is 0. The number of hydrogen-bond donors (Lipinski definition) is 1. The first-order valence-corrected chi connectivity index (χ1v) is 6.18. The first-order valence-electron chi connectivity index (χ1n) is 6.18. The van der Waals surface area contributed by atoms with E-state index in [1.54, 1.807) is 13.2 Å². The number of methoxy groups -OCH3 is 1. The van der Waals surface area contributed by atoms with Crippen LogP contribution in [0.5, 0.6) is 5.75 Å². The van der Waals surface area contributed by atoms with E-state index >= 15 is 0 Å². The van der Waals surface area contributed by atoms with Crippen LogP contribution in [0.4, 0.5) is 10.3 Å². The Morgan fingerprint density at radius 1 is 1.20 bits per heavy atom. The van der Waals surface area contributed by atoms with Gasteiger partial charge in [0.05, 0.1) is 23.8 Å². The van der Waals surface area contributed by atoms with E-state index in [0.717, 1.165) is 22.5 Å². The first kappa shape index (κ1) is 12.5. The first-order chi connectivity index (χ1) is 9.60. The van der Waals surface area contributed by atoms with Crippen LogP contribution in [0.25, 0.3) is 16.7 Å². The zero-order chi connectivity index (χ0) is 14.3. The number of aromatic nitrogens is 2. The quantitative estimate of drug-likeness (QED) is 0.779. The lowest BCUT2D eigenvalue weighted by atomic mass is 10.2. The van der Waals surface area contributed by atoms with Gasteiger partial charge in [-0.05, 0) is 42.8 Å². The summed E-state index contributed by atoms with van der Waals surface area (Å²) in [6.07, 6.45) is 0. The van der Waals surface area contributed by atoms with Crippen molar-refractivity contribution < 1.29 is 9.13 Å². The molecule has 1 aromatic heterocycles. The summed E-state index contributed by atoms with van der Waals surface area (Å²) in [5.41, 5.74) is 9.19. The summed E-state index contributed by atoms with van der Waals surface area (Å²) in [6, 6.07) is 10.1. The van der Waals surface area contributed by atoms with Gasteiger partial charge in [-0.15, -0.1) is 0 Å². The van der Waals surface area contributed by atoms with Crippen molar-refractivity contribution in [1.82, 2.24) is 9.55 Å². The molecule has 3 rings (SSSR count). The molecule has 0 aliphatic heterocycles. The van der Waals surface area contributed by atoms with Crippen LogP contribution < -0.4 is 10.5 Å². The lowest BCUT2D eigenvalue weighted by Gasteiger charge is -2.11. The topological polar surface area (TPSA) is 53.1 Å². The number of anilines is 1. The second-order valence-electron chi connectivity index (χ2n) is 4.59. The maximum atomic E-state index is 13.3. The normalized spacial score (nSPS) is 10.9. The number of rotatable bonds is 2. The molecule has 0 atom stereocenters. The lowest BCUT2D eigenvalue weighted by molar-refractivity contribution is 0.414. The molecule has 0 saturated heterocycles. The zero-order valence-corrected chi connectivity index (χ0v) is 11.2. The van der Waals surface area contributed by atoms with Gasteiger partial charge < -0.3 is 10.5 Å². The van der Waals surface area contributed by atoms with Crippen molar-refractivity contribution in [3.8, 4) is 11.4 Å². The van der Waals surface area contributed by atoms with E-state index < -0.39 is 0 Å². The summed E-state index contributed by atoms with van der Waals surface area (Å²) in [5.74, 6) is 0.785. The van der Waals surface area contributed by atoms with Crippen LogP contribution in [-0.4, -0.2) is 16.7 Å². The third kappa shape index (κ3) is 1.87. The van der Waals surface area contributed by atoms with Gasteiger partial charge in [-0.25, -0.2) is 9.37 Å². The van der Waals surface area contributed by atoms with Gasteiger partial charge in [0, 0.05) is 6.07 Å². The highest BCUT2D eigenvalue weighted by atomic mass is 19.1. The van der Waals surface area contributed by atoms with Gasteiger partial charge in [0.1, 0.15) is 11.6 Å². The molecule has 0 aliphatic rings. The van der Waals surface area contributed by atoms with Crippen LogP contribution in [0, 0.1) is 12.7 Å². The molecule has 0 unspecified atom stereocenters. The van der Waals surface area contributed by atoms with Crippen LogP contribution in [0.1, 0.15) is 5.56 Å². The van der Waals surface area contributed by atoms with E-state index in [1.807, 2.05) is 29.7 Å². The average molecular weight is 271 g/mol. The predicted molar refractivity (Wildman–Crippen MR) is 76.7 cm³/mol. The number of ether oxygens (including phenoxy) is 1. The Morgan fingerprint density at radius 3 is 2.70 bits per heavy atom. The van der Waals surface area contributed by atoms with E-state index in [-0.39, 0.29) is 5.82 Å². The molecular formula is C15H14FN3O. The predicted octanol–water partition coefficient (Wildman–Crippen LogP) is 3.06. The van der Waals surface area contributed by atoms with Gasteiger partial charge in [0.15, 0.2) is 0 Å². The Balaban J connectivity index is 2.26. The molecule has 5 heteroatoms. The molecule has 0 radical (unpaired) electrons. The minimum absolute atomic E-state index is 0.325. The summed E-state index contributed by atoms with van der Waals surface area (Å²) < 4.78 is 20.3. The van der Waals surface area contributed by atoms with Crippen molar-refractivity contribution in [2.75, 3.05) is 12.8 Å². The van der Waals surface area contributed by atoms with Crippen molar-refractivity contribution in [3.05, 3.63) is 47.8 Å². The number of imidazole rings is 1. The van der Waals surface area contributed by atoms with Crippen LogP contribution in [0.3, 0.4) is 0 Å². The van der Waals surface area contributed by atoms with E-state index in [0.29, 0.717) is 11.5 Å². The smallest absolute Gasteiger partial charge is 0.205 e. The van der Waals surface area contributed by atoms with Gasteiger partial charge in [0.2, 0.25) is 5.95 Å². The van der Waals surface area contributed by atoms with E-state index in [4.69, 9.17) is 10.5 Å². The molecule has 0 bridgehead atoms. The van der Waals surface area contributed by atoms with Crippen molar-refractivity contribution >= 4 is 17.0 Å². The Labute approximate surface area is 115 Å². The van der Waals surface area contributed by atoms with E-state index in [2.05, 4.69) is 4.98 Å². The van der Waals surface area contributed by atoms with E-state index in [1.165, 1.54) is 12.1 Å². The highest BCUT2D eigenvalue weighted by Crippen LogP contribution is 2.27. The fourth-order valence-corrected chi connectivity index (χ4v) is 2.33. The zero-order valence-electron chi connectivity index (χ0n) is 11.2. The summed E-state index contributed by atoms with van der Waals surface area (Å²) in [6.45, 7) is 1.96. The van der Waals surface area contributed by atoms with Crippen LogP contribution in [0.15, 0.2) is 36.4 Å². The standard InChI is InChI=1S/C15H14FN3O/c1-9-7-11(20-2)4-6-13(9)19-14-5-3-10(16)8-12(14)18-15(19)17/h3-8H,1-2H3,(H2,17,18). The van der Waals surface area contributed by atoms with Crippen molar-refractivity contribution in [1.29, 1.82) is 0 Å². The monoisotopic (exact) mass is 271 g/mol. The van der Waals surface area contributed by atoms with Crippen LogP contribution >= 0.6 is 0 Å². The number of hydrogen-bond acceptors (Lipinski definition) is 3. The summed E-state index contributed by atoms with van der Waals surface area (Å²) in [7, 11) is 1.62. The molecule has 0 saturated carbocycles. The number of aryl methyl sites for hydroxylation is 1. The molecule has 4 nitrogen and oxygen atoms in total. The molecule has 20 heavy (non-hydrogen) atoms. The SMILES string of the molecule is COc1ccc(-n2c(N)nc3cc(F)ccc32)c(C)c1. The molecule has 1 heterocycles. The summed E-state index contributed by atoms with van der Waals surface area (Å²) in [4.78, 5) is 4.20. The van der Waals surface area contributed by atoms with Crippen LogP contribution in [-0.2, 0) is 0 Å². The average Bonchev–Trinajstić information content (AvgIpc) is 2.73. The molecule has 0 fully saturated rings. The molecule has 0 aliphatic carbocycles. The van der Waals surface area contributed by atoms with Crippen molar-refractivity contribution in [2.24, 2.45) is 0 Å². The molecule has 0 amide bonds. The Kier molecular flexibility index (Phi) is 2.82. The number of nitrogens with zero attached hydrogens (tertiary/aromatic N) is 2. The number of nitrogen functional groups attached to an aromatic ring is 1. The van der Waals surface area contributed by atoms with Gasteiger partial charge in [0.25, 0.3) is 0 Å². The third-order valence-corrected chi connectivity index (χ3v) is 3.29. The largest absolute Gasteiger partial charge is 0.497 e. The lowest BCUT2D eigenvalue weighted by Crippen LogP contribution is -2.02. The van der Waals surface area contributed by atoms with Gasteiger partial charge in [-0.3, -0.25) is 4.57 Å². The number of benzene rings is 2. The van der Waals surface area contributed by atoms with Crippen molar-refractivity contribution in [2.45, 2.75) is 6.92 Å². The second-order valence-corrected chi connectivity index (χ2v) is 4.59. The minimum Gasteiger partial charge on any atom is -0.497 e. The number of fused-ring (bicyclic) bond motifs is 1. The Morgan fingerprint density at radius 2 is 2.00 bits per heavy atom. The Hall–Kier alpha value is -2.56. The van der Waals surface area contributed by atoms with Crippen molar-refractivity contribution in [3.63, 3.8) is 0 Å². The maximum absolute atomic E-state index is 13.3. The maximum Gasteiger partial charge on any atom is 0.205 e. The highest BCUT2D eigenvalue weighted by Gasteiger charge is 2.12. The van der Waals surface area contributed by atoms with Gasteiger partial charge >= 0.3 is 0 Å². The highest BCUT2D eigenvalue weighted by molar-refractivity contribution is 5.81. The second kappa shape index (κ2) is 4.52. The summed E-state index contributed by atoms with van der Waals surface area (Å²) in [5, 5.41) is 0. The number of halogens is 1. The molecule has 2 aromatic carbocycles. The van der Waals surface area contributed by atoms with Gasteiger partial charge in [-0.2, -0.15) is 0 Å². The molecule has 102 valence electrons. The Bertz CT molecular complexity index is 795. The minimum atomic E-state index is -0.325. The molecule has 0 spiro atoms. The van der Waals surface area contributed by atoms with E-state index in [9.17, 15) is 4.39 Å². The van der Waals surface area contributed by atoms with Crippen LogP contribution in [0.2, 0.25) is 0 Å². The fourth-order valence-electron chi connectivity index (χ4n) is 2.33. The third-order valence-electron chi connectivity index (χ3n) is 3.29. The fraction of sp³-hybridized carbons (Fsp3) is 0.133. The molecule has 2 N–H and O–H groups in total.